The third-order valence-electron chi connectivity index (χ3n) is 7.95. The van der Waals surface area contributed by atoms with Gasteiger partial charge < -0.3 is 20.2 Å². The summed E-state index contributed by atoms with van der Waals surface area (Å²) in [5.41, 5.74) is 10.4. The Morgan fingerprint density at radius 1 is 1.26 bits per heavy atom. The SMILES string of the molecule is Cc1[nH]c2ccc3c(c2c1C(=O)OCc1cc(N)ccc1Cl)CC1CCCN2CCCCC12O3. The highest BCUT2D eigenvalue weighted by Gasteiger charge is 2.52. The Morgan fingerprint density at radius 2 is 2.12 bits per heavy atom. The zero-order chi connectivity index (χ0) is 23.4. The molecule has 3 aromatic rings. The van der Waals surface area contributed by atoms with Gasteiger partial charge in [0.1, 0.15) is 12.4 Å². The summed E-state index contributed by atoms with van der Waals surface area (Å²) in [5.74, 6) is 0.980. The number of rotatable bonds is 3. The average Bonchev–Trinajstić information content (AvgIpc) is 3.18. The van der Waals surface area contributed by atoms with Crippen molar-refractivity contribution in [2.45, 2.75) is 57.8 Å². The van der Waals surface area contributed by atoms with E-state index in [1.165, 1.54) is 19.3 Å². The van der Waals surface area contributed by atoms with Crippen LogP contribution in [0.25, 0.3) is 10.9 Å². The molecule has 6 rings (SSSR count). The molecular weight excluding hydrogens is 450 g/mol. The fourth-order valence-electron chi connectivity index (χ4n) is 6.39. The van der Waals surface area contributed by atoms with Crippen LogP contribution < -0.4 is 10.5 Å². The maximum Gasteiger partial charge on any atom is 0.340 e. The minimum Gasteiger partial charge on any atom is -0.472 e. The van der Waals surface area contributed by atoms with Crippen LogP contribution in [0.4, 0.5) is 5.69 Å². The molecule has 2 fully saturated rings. The Balaban J connectivity index is 1.36. The Bertz CT molecular complexity index is 1280. The third-order valence-corrected chi connectivity index (χ3v) is 8.32. The van der Waals surface area contributed by atoms with Gasteiger partial charge in [0.15, 0.2) is 5.72 Å². The molecule has 0 radical (unpaired) electrons. The summed E-state index contributed by atoms with van der Waals surface area (Å²) in [6.45, 7) is 4.22. The highest BCUT2D eigenvalue weighted by molar-refractivity contribution is 6.31. The van der Waals surface area contributed by atoms with Crippen LogP contribution in [-0.4, -0.2) is 34.7 Å². The number of carbonyl (C=O) groups is 1. The van der Waals surface area contributed by atoms with Crippen molar-refractivity contribution in [2.75, 3.05) is 18.8 Å². The largest absolute Gasteiger partial charge is 0.472 e. The fraction of sp³-hybridized carbons (Fsp3) is 0.444. The number of esters is 1. The molecule has 34 heavy (non-hydrogen) atoms. The quantitative estimate of drug-likeness (QED) is 0.377. The summed E-state index contributed by atoms with van der Waals surface area (Å²) in [6.07, 6.45) is 6.80. The Kier molecular flexibility index (Phi) is 5.26. The number of fused-ring (bicyclic) bond motifs is 3. The number of aromatic amines is 1. The van der Waals surface area contributed by atoms with Crippen LogP contribution in [0.5, 0.6) is 5.75 Å². The second-order valence-electron chi connectivity index (χ2n) is 9.95. The molecule has 2 unspecified atom stereocenters. The van der Waals surface area contributed by atoms with Gasteiger partial charge in [-0.3, -0.25) is 4.90 Å². The summed E-state index contributed by atoms with van der Waals surface area (Å²) < 4.78 is 12.6. The van der Waals surface area contributed by atoms with Gasteiger partial charge in [0.25, 0.3) is 0 Å². The number of H-pyrrole nitrogens is 1. The van der Waals surface area contributed by atoms with E-state index in [4.69, 9.17) is 26.8 Å². The number of aromatic nitrogens is 1. The first-order chi connectivity index (χ1) is 16.5. The lowest BCUT2D eigenvalue weighted by molar-refractivity contribution is -0.177. The zero-order valence-electron chi connectivity index (χ0n) is 19.5. The maximum atomic E-state index is 13.3. The molecule has 3 N–H and O–H groups in total. The van der Waals surface area contributed by atoms with E-state index in [1.807, 2.05) is 13.0 Å². The Labute approximate surface area is 204 Å². The minimum atomic E-state index is -0.362. The summed E-state index contributed by atoms with van der Waals surface area (Å²) in [4.78, 5) is 19.3. The molecule has 0 aliphatic carbocycles. The number of aryl methyl sites for hydroxylation is 1. The minimum absolute atomic E-state index is 0.0705. The van der Waals surface area contributed by atoms with E-state index in [1.54, 1.807) is 18.2 Å². The Hall–Kier alpha value is -2.70. The number of halogens is 1. The van der Waals surface area contributed by atoms with E-state index < -0.39 is 0 Å². The summed E-state index contributed by atoms with van der Waals surface area (Å²) in [7, 11) is 0. The van der Waals surface area contributed by atoms with Crippen molar-refractivity contribution >= 4 is 34.2 Å². The average molecular weight is 480 g/mol. The van der Waals surface area contributed by atoms with Crippen LogP contribution in [0.1, 0.15) is 59.3 Å². The lowest BCUT2D eigenvalue weighted by Crippen LogP contribution is -2.64. The van der Waals surface area contributed by atoms with Crippen molar-refractivity contribution in [1.82, 2.24) is 9.88 Å². The molecule has 2 aromatic carbocycles. The van der Waals surface area contributed by atoms with E-state index in [-0.39, 0.29) is 18.3 Å². The smallest absolute Gasteiger partial charge is 0.340 e. The lowest BCUT2D eigenvalue weighted by Gasteiger charge is -2.56. The van der Waals surface area contributed by atoms with Crippen molar-refractivity contribution in [2.24, 2.45) is 5.92 Å². The molecule has 2 atom stereocenters. The zero-order valence-corrected chi connectivity index (χ0v) is 20.2. The maximum absolute atomic E-state index is 13.3. The first kappa shape index (κ1) is 21.8. The summed E-state index contributed by atoms with van der Waals surface area (Å²) in [5, 5.41) is 1.46. The van der Waals surface area contributed by atoms with Crippen molar-refractivity contribution in [3.05, 3.63) is 57.7 Å². The first-order valence-electron chi connectivity index (χ1n) is 12.3. The molecule has 4 heterocycles. The van der Waals surface area contributed by atoms with Gasteiger partial charge in [0.2, 0.25) is 0 Å². The van der Waals surface area contributed by atoms with Gasteiger partial charge >= 0.3 is 5.97 Å². The molecule has 3 aliphatic heterocycles. The molecule has 1 aromatic heterocycles. The number of piperidine rings is 2. The number of carbonyl (C=O) groups excluding carboxylic acids is 1. The summed E-state index contributed by atoms with van der Waals surface area (Å²) >= 11 is 6.27. The van der Waals surface area contributed by atoms with Crippen LogP contribution in [0.3, 0.4) is 0 Å². The lowest BCUT2D eigenvalue weighted by atomic mass is 9.74. The molecule has 2 saturated heterocycles. The van der Waals surface area contributed by atoms with Crippen molar-refractivity contribution < 1.29 is 14.3 Å². The number of nitrogen functional groups attached to an aromatic ring is 1. The number of benzene rings is 2. The molecule has 7 heteroatoms. The van der Waals surface area contributed by atoms with Gasteiger partial charge in [-0.05, 0) is 69.4 Å². The highest BCUT2D eigenvalue weighted by Crippen LogP contribution is 2.50. The van der Waals surface area contributed by atoms with E-state index in [0.717, 1.165) is 60.3 Å². The number of ether oxygens (including phenoxy) is 2. The van der Waals surface area contributed by atoms with E-state index in [0.29, 0.717) is 27.8 Å². The molecular formula is C27H30ClN3O3. The standard InChI is InChI=1S/C27H30ClN3O3/c1-16-24(26(32)33-15-17-13-19(29)6-7-21(17)28)25-20-14-18-5-4-12-31-11-3-2-10-27(18,31)34-23(20)9-8-22(25)30-16/h6-9,13,18,30H,2-5,10-12,14-15,29H2,1H3. The Morgan fingerprint density at radius 3 is 3.00 bits per heavy atom. The number of nitrogens with one attached hydrogen (secondary N) is 1. The molecule has 1 spiro atoms. The van der Waals surface area contributed by atoms with Crippen LogP contribution in [-0.2, 0) is 17.8 Å². The summed E-state index contributed by atoms with van der Waals surface area (Å²) in [6, 6.07) is 9.29. The second-order valence-corrected chi connectivity index (χ2v) is 10.4. The van der Waals surface area contributed by atoms with E-state index >= 15 is 0 Å². The monoisotopic (exact) mass is 479 g/mol. The molecule has 6 nitrogen and oxygen atoms in total. The van der Waals surface area contributed by atoms with Crippen molar-refractivity contribution in [1.29, 1.82) is 0 Å². The molecule has 0 saturated carbocycles. The highest BCUT2D eigenvalue weighted by atomic mass is 35.5. The molecule has 0 bridgehead atoms. The number of hydrogen-bond donors (Lipinski definition) is 2. The molecule has 178 valence electrons. The van der Waals surface area contributed by atoms with Gasteiger partial charge in [-0.2, -0.15) is 0 Å². The third kappa shape index (κ3) is 3.38. The number of hydrogen-bond acceptors (Lipinski definition) is 5. The normalized spacial score (nSPS) is 24.1. The predicted molar refractivity (Wildman–Crippen MR) is 133 cm³/mol. The van der Waals surface area contributed by atoms with E-state index in [2.05, 4.69) is 16.0 Å². The van der Waals surface area contributed by atoms with Gasteiger partial charge in [0.05, 0.1) is 5.56 Å². The van der Waals surface area contributed by atoms with Gasteiger partial charge in [-0.25, -0.2) is 4.79 Å². The van der Waals surface area contributed by atoms with Crippen molar-refractivity contribution in [3.63, 3.8) is 0 Å². The van der Waals surface area contributed by atoms with E-state index in [9.17, 15) is 4.79 Å². The number of nitrogens with two attached hydrogens (primary N) is 1. The van der Waals surface area contributed by atoms with Crippen molar-refractivity contribution in [3.8, 4) is 5.75 Å². The second kappa shape index (κ2) is 8.21. The van der Waals surface area contributed by atoms with Gasteiger partial charge in [-0.1, -0.05) is 11.6 Å². The first-order valence-corrected chi connectivity index (χ1v) is 12.6. The number of nitrogens with zero attached hydrogens (tertiary/aromatic N) is 1. The topological polar surface area (TPSA) is 80.6 Å². The van der Waals surface area contributed by atoms with Gasteiger partial charge in [-0.15, -0.1) is 0 Å². The predicted octanol–water partition coefficient (Wildman–Crippen LogP) is 5.60. The molecule has 0 amide bonds. The van der Waals surface area contributed by atoms with Crippen LogP contribution in [0.15, 0.2) is 30.3 Å². The van der Waals surface area contributed by atoms with Crippen LogP contribution in [0, 0.1) is 12.8 Å². The fourth-order valence-corrected chi connectivity index (χ4v) is 6.56. The van der Waals surface area contributed by atoms with Gasteiger partial charge in [0, 0.05) is 63.9 Å². The van der Waals surface area contributed by atoms with Crippen LogP contribution >= 0.6 is 11.6 Å². The molecule has 3 aliphatic rings. The number of anilines is 1. The van der Waals surface area contributed by atoms with Crippen LogP contribution in [0.2, 0.25) is 5.02 Å².